The lowest BCUT2D eigenvalue weighted by molar-refractivity contribution is 0.334. The van der Waals surface area contributed by atoms with Gasteiger partial charge in [-0.3, -0.25) is 0 Å². The molecule has 0 bridgehead atoms. The Kier molecular flexibility index (Phi) is 4.66. The molecule has 1 heterocycles. The maximum Gasteiger partial charge on any atom is 0.141 e. The second-order valence-corrected chi connectivity index (χ2v) is 5.15. The molecular formula is C13H15Cl2N3O. The van der Waals surface area contributed by atoms with Gasteiger partial charge in [-0.2, -0.15) is 15.4 Å². The lowest BCUT2D eigenvalue weighted by atomic mass is 9.95. The van der Waals surface area contributed by atoms with Crippen LogP contribution in [0.15, 0.2) is 18.3 Å². The highest BCUT2D eigenvalue weighted by Crippen LogP contribution is 2.37. The molecule has 0 saturated carbocycles. The van der Waals surface area contributed by atoms with Gasteiger partial charge in [0.05, 0.1) is 23.5 Å². The number of ether oxygens (including phenoxy) is 1. The molecule has 102 valence electrons. The minimum Gasteiger partial charge on any atom is -0.492 e. The van der Waals surface area contributed by atoms with E-state index in [2.05, 4.69) is 22.3 Å². The minimum absolute atomic E-state index is 0.183. The molecule has 4 nitrogen and oxygen atoms in total. The number of nitrogens with zero attached hydrogens (tertiary/aromatic N) is 2. The summed E-state index contributed by atoms with van der Waals surface area (Å²) in [5.41, 5.74) is 1.88. The van der Waals surface area contributed by atoms with Gasteiger partial charge < -0.3 is 4.74 Å². The highest BCUT2D eigenvalue weighted by Gasteiger charge is 2.17. The number of hydrogen-bond acceptors (Lipinski definition) is 3. The maximum absolute atomic E-state index is 6.20. The number of nitrogens with one attached hydrogen (secondary N) is 1. The molecule has 2 aromatic rings. The highest BCUT2D eigenvalue weighted by atomic mass is 35.5. The van der Waals surface area contributed by atoms with E-state index >= 15 is 0 Å². The van der Waals surface area contributed by atoms with Crippen LogP contribution in [0, 0.1) is 0 Å². The molecule has 19 heavy (non-hydrogen) atoms. The van der Waals surface area contributed by atoms with E-state index in [0.29, 0.717) is 22.4 Å². The smallest absolute Gasteiger partial charge is 0.141 e. The zero-order valence-electron chi connectivity index (χ0n) is 10.8. The Hall–Kier alpha value is -1.26. The maximum atomic E-state index is 6.20. The molecule has 0 fully saturated rings. The van der Waals surface area contributed by atoms with Crippen LogP contribution >= 0.6 is 23.2 Å². The molecular weight excluding hydrogens is 285 g/mol. The fraction of sp³-hybridized carbons (Fsp3) is 0.385. The Balaban J connectivity index is 2.31. The number of halogens is 2. The van der Waals surface area contributed by atoms with Gasteiger partial charge in [-0.05, 0) is 31.4 Å². The van der Waals surface area contributed by atoms with Crippen molar-refractivity contribution in [2.75, 3.05) is 6.61 Å². The Morgan fingerprint density at radius 1 is 1.37 bits per heavy atom. The van der Waals surface area contributed by atoms with E-state index in [1.807, 2.05) is 13.0 Å². The van der Waals surface area contributed by atoms with Gasteiger partial charge in [0.2, 0.25) is 0 Å². The number of aromatic nitrogens is 3. The first-order valence-corrected chi connectivity index (χ1v) is 6.83. The van der Waals surface area contributed by atoms with E-state index in [-0.39, 0.29) is 5.92 Å². The van der Waals surface area contributed by atoms with Crippen LogP contribution in [0.25, 0.3) is 0 Å². The quantitative estimate of drug-likeness (QED) is 0.912. The number of rotatable bonds is 5. The summed E-state index contributed by atoms with van der Waals surface area (Å²) >= 11 is 12.3. The second-order valence-electron chi connectivity index (χ2n) is 4.31. The zero-order valence-corrected chi connectivity index (χ0v) is 12.3. The van der Waals surface area contributed by atoms with Crippen molar-refractivity contribution in [1.29, 1.82) is 0 Å². The Morgan fingerprint density at radius 3 is 2.79 bits per heavy atom. The number of H-pyrrole nitrogens is 1. The first-order chi connectivity index (χ1) is 9.11. The first kappa shape index (κ1) is 14.2. The van der Waals surface area contributed by atoms with Gasteiger partial charge in [0.15, 0.2) is 0 Å². The van der Waals surface area contributed by atoms with Crippen molar-refractivity contribution in [3.8, 4) is 5.75 Å². The largest absolute Gasteiger partial charge is 0.492 e. The monoisotopic (exact) mass is 299 g/mol. The average molecular weight is 300 g/mol. The fourth-order valence-corrected chi connectivity index (χ4v) is 2.55. The Bertz CT molecular complexity index is 543. The normalized spacial score (nSPS) is 12.4. The van der Waals surface area contributed by atoms with Crippen molar-refractivity contribution in [2.24, 2.45) is 0 Å². The molecule has 0 aliphatic heterocycles. The molecule has 1 N–H and O–H groups in total. The van der Waals surface area contributed by atoms with E-state index in [1.165, 1.54) is 0 Å². The summed E-state index contributed by atoms with van der Waals surface area (Å²) in [6.07, 6.45) is 2.45. The standard InChI is InChI=1S/C13H15Cl2N3O/c1-3-19-13-11(5-9(14)6-12(13)15)8(2)4-10-7-16-18-17-10/h5-8H,3-4H2,1-2H3,(H,16,17,18). The van der Waals surface area contributed by atoms with Crippen molar-refractivity contribution in [3.63, 3.8) is 0 Å². The molecule has 0 spiro atoms. The van der Waals surface area contributed by atoms with Crippen LogP contribution in [-0.4, -0.2) is 22.0 Å². The lowest BCUT2D eigenvalue weighted by Gasteiger charge is -2.17. The average Bonchev–Trinajstić information content (AvgIpc) is 2.85. The summed E-state index contributed by atoms with van der Waals surface area (Å²) in [5, 5.41) is 11.6. The Labute approximate surface area is 122 Å². The molecule has 0 amide bonds. The van der Waals surface area contributed by atoms with Crippen LogP contribution in [0.2, 0.25) is 10.0 Å². The van der Waals surface area contributed by atoms with Crippen LogP contribution < -0.4 is 4.74 Å². The number of hydrogen-bond donors (Lipinski definition) is 1. The van der Waals surface area contributed by atoms with E-state index < -0.39 is 0 Å². The van der Waals surface area contributed by atoms with Crippen molar-refractivity contribution in [3.05, 3.63) is 39.6 Å². The molecule has 0 saturated heterocycles. The molecule has 1 atom stereocenters. The van der Waals surface area contributed by atoms with Gasteiger partial charge in [-0.25, -0.2) is 0 Å². The van der Waals surface area contributed by atoms with Crippen molar-refractivity contribution in [2.45, 2.75) is 26.2 Å². The lowest BCUT2D eigenvalue weighted by Crippen LogP contribution is -2.04. The van der Waals surface area contributed by atoms with E-state index in [4.69, 9.17) is 27.9 Å². The summed E-state index contributed by atoms with van der Waals surface area (Å²) in [5.74, 6) is 0.882. The molecule has 2 rings (SSSR count). The summed E-state index contributed by atoms with van der Waals surface area (Å²) in [6.45, 7) is 4.57. The van der Waals surface area contributed by atoms with Gasteiger partial charge in [-0.15, -0.1) is 0 Å². The summed E-state index contributed by atoms with van der Waals surface area (Å²) in [4.78, 5) is 0. The summed E-state index contributed by atoms with van der Waals surface area (Å²) < 4.78 is 5.63. The van der Waals surface area contributed by atoms with Crippen LogP contribution in [0.3, 0.4) is 0 Å². The zero-order chi connectivity index (χ0) is 13.8. The third-order valence-electron chi connectivity index (χ3n) is 2.84. The number of aromatic amines is 1. The van der Waals surface area contributed by atoms with Gasteiger partial charge in [-0.1, -0.05) is 30.1 Å². The van der Waals surface area contributed by atoms with Gasteiger partial charge in [0.25, 0.3) is 0 Å². The first-order valence-electron chi connectivity index (χ1n) is 6.08. The van der Waals surface area contributed by atoms with Gasteiger partial charge >= 0.3 is 0 Å². The summed E-state index contributed by atoms with van der Waals surface area (Å²) in [7, 11) is 0. The van der Waals surface area contributed by atoms with Crippen LogP contribution in [0.4, 0.5) is 0 Å². The fourth-order valence-electron chi connectivity index (χ4n) is 1.99. The van der Waals surface area contributed by atoms with E-state index in [1.54, 1.807) is 12.3 Å². The second kappa shape index (κ2) is 6.26. The number of benzene rings is 1. The summed E-state index contributed by atoms with van der Waals surface area (Å²) in [6, 6.07) is 3.59. The predicted molar refractivity (Wildman–Crippen MR) is 76.1 cm³/mol. The van der Waals surface area contributed by atoms with Crippen LogP contribution in [0.1, 0.15) is 31.0 Å². The van der Waals surface area contributed by atoms with E-state index in [0.717, 1.165) is 17.7 Å². The van der Waals surface area contributed by atoms with Crippen LogP contribution in [0.5, 0.6) is 5.75 Å². The van der Waals surface area contributed by atoms with Crippen molar-refractivity contribution < 1.29 is 4.74 Å². The molecule has 1 aromatic heterocycles. The molecule has 6 heteroatoms. The minimum atomic E-state index is 0.183. The van der Waals surface area contributed by atoms with Crippen molar-refractivity contribution in [1.82, 2.24) is 15.4 Å². The third kappa shape index (κ3) is 3.39. The predicted octanol–water partition coefficient (Wildman–Crippen LogP) is 3.86. The van der Waals surface area contributed by atoms with Gasteiger partial charge in [0, 0.05) is 10.6 Å². The molecule has 1 unspecified atom stereocenters. The van der Waals surface area contributed by atoms with Crippen molar-refractivity contribution >= 4 is 23.2 Å². The Morgan fingerprint density at radius 2 is 2.16 bits per heavy atom. The van der Waals surface area contributed by atoms with E-state index in [9.17, 15) is 0 Å². The van der Waals surface area contributed by atoms with Crippen LogP contribution in [-0.2, 0) is 6.42 Å². The molecule has 0 aliphatic carbocycles. The molecule has 1 aromatic carbocycles. The van der Waals surface area contributed by atoms with Gasteiger partial charge in [0.1, 0.15) is 5.75 Å². The molecule has 0 radical (unpaired) electrons. The molecule has 0 aliphatic rings. The highest BCUT2D eigenvalue weighted by molar-refractivity contribution is 6.35. The topological polar surface area (TPSA) is 50.8 Å². The third-order valence-corrected chi connectivity index (χ3v) is 3.34. The SMILES string of the molecule is CCOc1c(Cl)cc(Cl)cc1C(C)Cc1cn[nH]n1.